The van der Waals surface area contributed by atoms with E-state index in [0.29, 0.717) is 25.3 Å². The van der Waals surface area contributed by atoms with Gasteiger partial charge in [-0.25, -0.2) is 0 Å². The Bertz CT molecular complexity index is 709. The number of carbonyl (C=O) groups is 2. The van der Waals surface area contributed by atoms with Crippen LogP contribution in [0, 0.1) is 13.8 Å². The topological polar surface area (TPSA) is 67.4 Å². The van der Waals surface area contributed by atoms with Crippen LogP contribution in [0.4, 0.5) is 0 Å². The molecule has 2 rings (SSSR count). The van der Waals surface area contributed by atoms with Gasteiger partial charge >= 0.3 is 0 Å². The molecule has 0 bridgehead atoms. The Morgan fingerprint density at radius 2 is 1.65 bits per heavy atom. The SMILES string of the molecule is Cc1cc(C)cc(C(=O)NCC(=O)NCCCOCc2ccccc2)c1. The molecule has 0 aliphatic carbocycles. The van der Waals surface area contributed by atoms with Gasteiger partial charge in [-0.15, -0.1) is 0 Å². The summed E-state index contributed by atoms with van der Waals surface area (Å²) >= 11 is 0. The molecule has 2 aromatic rings. The van der Waals surface area contributed by atoms with Crippen LogP contribution in [0.25, 0.3) is 0 Å². The summed E-state index contributed by atoms with van der Waals surface area (Å²) in [5.74, 6) is -0.441. The Morgan fingerprint density at radius 1 is 0.962 bits per heavy atom. The number of ether oxygens (including phenoxy) is 1. The van der Waals surface area contributed by atoms with Gasteiger partial charge < -0.3 is 15.4 Å². The van der Waals surface area contributed by atoms with Gasteiger partial charge in [0.1, 0.15) is 0 Å². The molecule has 0 saturated carbocycles. The lowest BCUT2D eigenvalue weighted by atomic mass is 10.1. The van der Waals surface area contributed by atoms with Crippen molar-refractivity contribution >= 4 is 11.8 Å². The molecule has 0 aliphatic heterocycles. The molecule has 0 saturated heterocycles. The van der Waals surface area contributed by atoms with E-state index >= 15 is 0 Å². The fraction of sp³-hybridized carbons (Fsp3) is 0.333. The van der Waals surface area contributed by atoms with E-state index < -0.39 is 0 Å². The van der Waals surface area contributed by atoms with Gasteiger partial charge in [-0.3, -0.25) is 9.59 Å². The minimum Gasteiger partial charge on any atom is -0.377 e. The molecule has 0 aromatic heterocycles. The molecule has 2 aromatic carbocycles. The standard InChI is InChI=1S/C21H26N2O3/c1-16-11-17(2)13-19(12-16)21(25)23-14-20(24)22-9-6-10-26-15-18-7-4-3-5-8-18/h3-5,7-8,11-13H,6,9-10,14-15H2,1-2H3,(H,22,24)(H,23,25). The highest BCUT2D eigenvalue weighted by Gasteiger charge is 2.08. The van der Waals surface area contributed by atoms with E-state index in [0.717, 1.165) is 23.1 Å². The zero-order valence-electron chi connectivity index (χ0n) is 15.4. The average molecular weight is 354 g/mol. The molecule has 0 atom stereocenters. The second-order valence-corrected chi connectivity index (χ2v) is 6.30. The fourth-order valence-electron chi connectivity index (χ4n) is 2.60. The summed E-state index contributed by atoms with van der Waals surface area (Å²) in [4.78, 5) is 23.9. The minimum atomic E-state index is -0.238. The van der Waals surface area contributed by atoms with Gasteiger partial charge in [0.15, 0.2) is 0 Å². The van der Waals surface area contributed by atoms with Crippen molar-refractivity contribution in [1.29, 1.82) is 0 Å². The van der Waals surface area contributed by atoms with Crippen LogP contribution in [0.2, 0.25) is 0 Å². The van der Waals surface area contributed by atoms with E-state index in [2.05, 4.69) is 10.6 Å². The van der Waals surface area contributed by atoms with Gasteiger partial charge in [-0.2, -0.15) is 0 Å². The average Bonchev–Trinajstić information content (AvgIpc) is 2.62. The Kier molecular flexibility index (Phi) is 7.83. The van der Waals surface area contributed by atoms with E-state index in [1.807, 2.05) is 62.4 Å². The van der Waals surface area contributed by atoms with E-state index in [4.69, 9.17) is 4.74 Å². The maximum absolute atomic E-state index is 12.1. The van der Waals surface area contributed by atoms with Crippen LogP contribution < -0.4 is 10.6 Å². The number of aryl methyl sites for hydroxylation is 2. The highest BCUT2D eigenvalue weighted by molar-refractivity contribution is 5.96. The third-order valence-corrected chi connectivity index (χ3v) is 3.79. The number of rotatable bonds is 9. The third kappa shape index (κ3) is 7.07. The molecule has 0 heterocycles. The van der Waals surface area contributed by atoms with E-state index in [1.165, 1.54) is 0 Å². The summed E-state index contributed by atoms with van der Waals surface area (Å²) in [5, 5.41) is 5.42. The summed E-state index contributed by atoms with van der Waals surface area (Å²) in [6.07, 6.45) is 0.726. The summed E-state index contributed by atoms with van der Waals surface area (Å²) in [6, 6.07) is 15.6. The van der Waals surface area contributed by atoms with Crippen LogP contribution in [0.15, 0.2) is 48.5 Å². The van der Waals surface area contributed by atoms with Gasteiger partial charge in [0.2, 0.25) is 5.91 Å². The molecule has 2 amide bonds. The Morgan fingerprint density at radius 3 is 2.35 bits per heavy atom. The number of carbonyl (C=O) groups excluding carboxylic acids is 2. The van der Waals surface area contributed by atoms with Crippen molar-refractivity contribution < 1.29 is 14.3 Å². The molecular weight excluding hydrogens is 328 g/mol. The van der Waals surface area contributed by atoms with Crippen molar-refractivity contribution in [2.75, 3.05) is 19.7 Å². The Hall–Kier alpha value is -2.66. The number of hydrogen-bond acceptors (Lipinski definition) is 3. The first kappa shape index (κ1) is 19.7. The van der Waals surface area contributed by atoms with Gasteiger partial charge in [0.05, 0.1) is 13.2 Å². The second kappa shape index (κ2) is 10.4. The zero-order chi connectivity index (χ0) is 18.8. The molecule has 26 heavy (non-hydrogen) atoms. The Balaban J connectivity index is 1.58. The molecule has 0 fully saturated rings. The van der Waals surface area contributed by atoms with Crippen LogP contribution in [-0.2, 0) is 16.1 Å². The zero-order valence-corrected chi connectivity index (χ0v) is 15.4. The number of amides is 2. The van der Waals surface area contributed by atoms with Crippen LogP contribution in [0.3, 0.4) is 0 Å². The number of hydrogen-bond donors (Lipinski definition) is 2. The van der Waals surface area contributed by atoms with Crippen molar-refractivity contribution in [3.63, 3.8) is 0 Å². The van der Waals surface area contributed by atoms with E-state index in [-0.39, 0.29) is 18.4 Å². The quantitative estimate of drug-likeness (QED) is 0.681. The number of nitrogens with one attached hydrogen (secondary N) is 2. The summed E-state index contributed by atoms with van der Waals surface area (Å²) in [5.41, 5.74) is 3.75. The molecule has 5 heteroatoms. The molecule has 0 unspecified atom stereocenters. The van der Waals surface area contributed by atoms with Crippen LogP contribution in [-0.4, -0.2) is 31.5 Å². The van der Waals surface area contributed by atoms with Crippen LogP contribution in [0.1, 0.15) is 33.5 Å². The lowest BCUT2D eigenvalue weighted by molar-refractivity contribution is -0.120. The van der Waals surface area contributed by atoms with Crippen molar-refractivity contribution in [1.82, 2.24) is 10.6 Å². The largest absolute Gasteiger partial charge is 0.377 e. The van der Waals surface area contributed by atoms with Gasteiger partial charge in [-0.1, -0.05) is 47.5 Å². The van der Waals surface area contributed by atoms with Crippen molar-refractivity contribution in [2.45, 2.75) is 26.9 Å². The highest BCUT2D eigenvalue weighted by atomic mass is 16.5. The first-order chi connectivity index (χ1) is 12.5. The highest BCUT2D eigenvalue weighted by Crippen LogP contribution is 2.08. The third-order valence-electron chi connectivity index (χ3n) is 3.79. The predicted molar refractivity (Wildman–Crippen MR) is 102 cm³/mol. The first-order valence-electron chi connectivity index (χ1n) is 8.79. The summed E-state index contributed by atoms with van der Waals surface area (Å²) in [7, 11) is 0. The summed E-state index contributed by atoms with van der Waals surface area (Å²) < 4.78 is 5.56. The van der Waals surface area contributed by atoms with E-state index in [9.17, 15) is 9.59 Å². The van der Waals surface area contributed by atoms with Crippen molar-refractivity contribution in [3.8, 4) is 0 Å². The fourth-order valence-corrected chi connectivity index (χ4v) is 2.60. The number of benzene rings is 2. The monoisotopic (exact) mass is 354 g/mol. The van der Waals surface area contributed by atoms with Crippen LogP contribution in [0.5, 0.6) is 0 Å². The smallest absolute Gasteiger partial charge is 0.251 e. The van der Waals surface area contributed by atoms with Crippen LogP contribution >= 0.6 is 0 Å². The Labute approximate surface area is 154 Å². The van der Waals surface area contributed by atoms with Gasteiger partial charge in [0.25, 0.3) is 5.91 Å². The molecule has 0 aliphatic rings. The predicted octanol–water partition coefficient (Wildman–Crippen LogP) is 2.76. The molecule has 0 radical (unpaired) electrons. The molecule has 138 valence electrons. The normalized spacial score (nSPS) is 10.4. The molecule has 2 N–H and O–H groups in total. The maximum atomic E-state index is 12.1. The summed E-state index contributed by atoms with van der Waals surface area (Å²) in [6.45, 7) is 5.52. The van der Waals surface area contributed by atoms with E-state index in [1.54, 1.807) is 0 Å². The van der Waals surface area contributed by atoms with Gasteiger partial charge in [0, 0.05) is 18.7 Å². The minimum absolute atomic E-state index is 0.0311. The molecular formula is C21H26N2O3. The van der Waals surface area contributed by atoms with Crippen molar-refractivity contribution in [2.24, 2.45) is 0 Å². The van der Waals surface area contributed by atoms with Gasteiger partial charge in [-0.05, 0) is 38.0 Å². The first-order valence-corrected chi connectivity index (χ1v) is 8.79. The lowest BCUT2D eigenvalue weighted by Crippen LogP contribution is -2.37. The second-order valence-electron chi connectivity index (χ2n) is 6.30. The molecule has 0 spiro atoms. The van der Waals surface area contributed by atoms with Crippen molar-refractivity contribution in [3.05, 3.63) is 70.8 Å². The molecule has 5 nitrogen and oxygen atoms in total. The maximum Gasteiger partial charge on any atom is 0.251 e. The lowest BCUT2D eigenvalue weighted by Gasteiger charge is -2.08.